The molecular weight excluding hydrogens is 216 g/mol. The van der Waals surface area contributed by atoms with Gasteiger partial charge in [-0.15, -0.1) is 11.3 Å². The summed E-state index contributed by atoms with van der Waals surface area (Å²) in [6.07, 6.45) is 0. The van der Waals surface area contributed by atoms with Crippen LogP contribution in [0.1, 0.15) is 19.5 Å². The van der Waals surface area contributed by atoms with Gasteiger partial charge in [0.05, 0.1) is 17.2 Å². The number of hydrogen-bond donors (Lipinski definition) is 0. The highest BCUT2D eigenvalue weighted by Crippen LogP contribution is 2.29. The smallest absolute Gasteiger partial charge is 0.123 e. The van der Waals surface area contributed by atoms with Gasteiger partial charge in [0.25, 0.3) is 0 Å². The minimum absolute atomic E-state index is 0.510. The molecular formula is C13H12N2S. The molecule has 0 aliphatic rings. The zero-order chi connectivity index (χ0) is 11.6. The van der Waals surface area contributed by atoms with Crippen molar-refractivity contribution in [2.75, 3.05) is 0 Å². The van der Waals surface area contributed by atoms with E-state index in [9.17, 15) is 0 Å². The topological polar surface area (TPSA) is 36.7 Å². The Morgan fingerprint density at radius 3 is 2.56 bits per heavy atom. The highest BCUT2D eigenvalue weighted by molar-refractivity contribution is 7.13. The fraction of sp³-hybridized carbons (Fsp3) is 0.231. The van der Waals surface area contributed by atoms with E-state index in [0.717, 1.165) is 16.3 Å². The molecule has 80 valence electrons. The second-order valence-corrected chi connectivity index (χ2v) is 5.00. The second-order valence-electron chi connectivity index (χ2n) is 4.14. The summed E-state index contributed by atoms with van der Waals surface area (Å²) in [5.74, 6) is 0. The number of benzene rings is 1. The van der Waals surface area contributed by atoms with Crippen LogP contribution in [0.4, 0.5) is 0 Å². The normalized spacial score (nSPS) is 11.1. The Kier molecular flexibility index (Phi) is 2.76. The molecule has 1 aromatic carbocycles. The van der Waals surface area contributed by atoms with Crippen molar-refractivity contribution in [3.63, 3.8) is 0 Å². The SMILES string of the molecule is CC(C)(C#N)c1csc(-c2ccccc2)n1. The summed E-state index contributed by atoms with van der Waals surface area (Å²) in [5, 5.41) is 12.0. The van der Waals surface area contributed by atoms with Gasteiger partial charge in [0.1, 0.15) is 5.01 Å². The van der Waals surface area contributed by atoms with E-state index in [1.54, 1.807) is 11.3 Å². The summed E-state index contributed by atoms with van der Waals surface area (Å²) in [6, 6.07) is 12.3. The highest BCUT2D eigenvalue weighted by atomic mass is 32.1. The Morgan fingerprint density at radius 1 is 1.25 bits per heavy atom. The van der Waals surface area contributed by atoms with Crippen LogP contribution in [0.25, 0.3) is 10.6 Å². The summed E-state index contributed by atoms with van der Waals surface area (Å²) in [7, 11) is 0. The van der Waals surface area contributed by atoms with E-state index >= 15 is 0 Å². The van der Waals surface area contributed by atoms with Crippen LogP contribution >= 0.6 is 11.3 Å². The van der Waals surface area contributed by atoms with Crippen molar-refractivity contribution in [3.05, 3.63) is 41.4 Å². The third-order valence-electron chi connectivity index (χ3n) is 2.44. The van der Waals surface area contributed by atoms with Crippen molar-refractivity contribution in [1.82, 2.24) is 4.98 Å². The fourth-order valence-electron chi connectivity index (χ4n) is 1.33. The Morgan fingerprint density at radius 2 is 1.94 bits per heavy atom. The van der Waals surface area contributed by atoms with Crippen LogP contribution < -0.4 is 0 Å². The lowest BCUT2D eigenvalue weighted by Crippen LogP contribution is -2.14. The van der Waals surface area contributed by atoms with E-state index < -0.39 is 5.41 Å². The van der Waals surface area contributed by atoms with Crippen molar-refractivity contribution in [2.24, 2.45) is 0 Å². The van der Waals surface area contributed by atoms with Crippen molar-refractivity contribution >= 4 is 11.3 Å². The summed E-state index contributed by atoms with van der Waals surface area (Å²) >= 11 is 1.58. The molecule has 1 heterocycles. The van der Waals surface area contributed by atoms with Crippen molar-refractivity contribution < 1.29 is 0 Å². The molecule has 0 radical (unpaired) electrons. The van der Waals surface area contributed by atoms with Gasteiger partial charge in [-0.1, -0.05) is 30.3 Å². The third-order valence-corrected chi connectivity index (χ3v) is 3.34. The summed E-state index contributed by atoms with van der Waals surface area (Å²) in [5.41, 5.74) is 1.44. The first kappa shape index (κ1) is 10.8. The molecule has 0 fully saturated rings. The largest absolute Gasteiger partial charge is 0.239 e. The van der Waals surface area contributed by atoms with E-state index in [2.05, 4.69) is 11.1 Å². The monoisotopic (exact) mass is 228 g/mol. The van der Waals surface area contributed by atoms with Crippen LogP contribution in [0.5, 0.6) is 0 Å². The van der Waals surface area contributed by atoms with Crippen molar-refractivity contribution in [3.8, 4) is 16.6 Å². The number of thiazole rings is 1. The van der Waals surface area contributed by atoms with Gasteiger partial charge in [-0.3, -0.25) is 0 Å². The molecule has 2 nitrogen and oxygen atoms in total. The lowest BCUT2D eigenvalue weighted by molar-refractivity contribution is 0.666. The van der Waals surface area contributed by atoms with Gasteiger partial charge in [0, 0.05) is 10.9 Å². The van der Waals surface area contributed by atoms with E-state index in [0.29, 0.717) is 0 Å². The van der Waals surface area contributed by atoms with Gasteiger partial charge in [-0.05, 0) is 13.8 Å². The van der Waals surface area contributed by atoms with Crippen LogP contribution in [0, 0.1) is 11.3 Å². The molecule has 0 saturated carbocycles. The quantitative estimate of drug-likeness (QED) is 0.787. The first-order chi connectivity index (χ1) is 7.63. The third kappa shape index (κ3) is 1.98. The molecule has 16 heavy (non-hydrogen) atoms. The summed E-state index contributed by atoms with van der Waals surface area (Å²) in [6.45, 7) is 3.77. The van der Waals surface area contributed by atoms with Gasteiger partial charge in [-0.25, -0.2) is 4.98 Å². The van der Waals surface area contributed by atoms with Crippen LogP contribution in [0.3, 0.4) is 0 Å². The maximum Gasteiger partial charge on any atom is 0.123 e. The fourth-order valence-corrected chi connectivity index (χ4v) is 2.33. The average Bonchev–Trinajstić information content (AvgIpc) is 2.80. The highest BCUT2D eigenvalue weighted by Gasteiger charge is 2.23. The lowest BCUT2D eigenvalue weighted by atomic mass is 9.92. The Balaban J connectivity index is 2.39. The summed E-state index contributed by atoms with van der Waals surface area (Å²) < 4.78 is 0. The molecule has 0 atom stereocenters. The lowest BCUT2D eigenvalue weighted by Gasteiger charge is -2.10. The van der Waals surface area contributed by atoms with E-state index in [1.165, 1.54) is 0 Å². The minimum atomic E-state index is -0.510. The van der Waals surface area contributed by atoms with Crippen LogP contribution in [0.15, 0.2) is 35.7 Å². The maximum atomic E-state index is 9.04. The molecule has 2 aromatic rings. The predicted molar refractivity (Wildman–Crippen MR) is 66.2 cm³/mol. The first-order valence-electron chi connectivity index (χ1n) is 5.06. The van der Waals surface area contributed by atoms with Crippen LogP contribution in [-0.2, 0) is 5.41 Å². The molecule has 0 spiro atoms. The molecule has 3 heteroatoms. The number of nitriles is 1. The zero-order valence-corrected chi connectivity index (χ0v) is 10.1. The average molecular weight is 228 g/mol. The van der Waals surface area contributed by atoms with Crippen molar-refractivity contribution in [1.29, 1.82) is 5.26 Å². The van der Waals surface area contributed by atoms with Crippen LogP contribution in [0.2, 0.25) is 0 Å². The molecule has 1 aromatic heterocycles. The summed E-state index contributed by atoms with van der Waals surface area (Å²) in [4.78, 5) is 4.52. The van der Waals surface area contributed by atoms with Gasteiger partial charge in [-0.2, -0.15) is 5.26 Å². The zero-order valence-electron chi connectivity index (χ0n) is 9.27. The molecule has 0 saturated heterocycles. The van der Waals surface area contributed by atoms with E-state index in [-0.39, 0.29) is 0 Å². The van der Waals surface area contributed by atoms with Gasteiger partial charge in [0.2, 0.25) is 0 Å². The molecule has 0 N–H and O–H groups in total. The Labute approximate surface area is 99.2 Å². The molecule has 2 rings (SSSR count). The number of rotatable bonds is 2. The number of nitrogens with zero attached hydrogens (tertiary/aromatic N) is 2. The standard InChI is InChI=1S/C13H12N2S/c1-13(2,9-14)11-8-16-12(15-11)10-6-4-3-5-7-10/h3-8H,1-2H3. The second kappa shape index (κ2) is 4.07. The molecule has 0 unspecified atom stereocenters. The molecule has 0 amide bonds. The van der Waals surface area contributed by atoms with Gasteiger partial charge in [0.15, 0.2) is 0 Å². The maximum absolute atomic E-state index is 9.04. The predicted octanol–water partition coefficient (Wildman–Crippen LogP) is 3.61. The Bertz CT molecular complexity index is 520. The minimum Gasteiger partial charge on any atom is -0.239 e. The Hall–Kier alpha value is -1.66. The first-order valence-corrected chi connectivity index (χ1v) is 5.94. The van der Waals surface area contributed by atoms with Gasteiger partial charge < -0.3 is 0 Å². The molecule has 0 bridgehead atoms. The van der Waals surface area contributed by atoms with E-state index in [4.69, 9.17) is 5.26 Å². The van der Waals surface area contributed by atoms with Crippen LogP contribution in [-0.4, -0.2) is 4.98 Å². The number of hydrogen-bond acceptors (Lipinski definition) is 3. The van der Waals surface area contributed by atoms with Crippen molar-refractivity contribution in [2.45, 2.75) is 19.3 Å². The molecule has 0 aliphatic carbocycles. The number of aromatic nitrogens is 1. The molecule has 0 aliphatic heterocycles. The van der Waals surface area contributed by atoms with E-state index in [1.807, 2.05) is 49.6 Å². The van der Waals surface area contributed by atoms with Gasteiger partial charge >= 0.3 is 0 Å².